The first-order valence-corrected chi connectivity index (χ1v) is 11.8. The van der Waals surface area contributed by atoms with E-state index >= 15 is 0 Å². The first-order chi connectivity index (χ1) is 15.4. The topological polar surface area (TPSA) is 56.8 Å². The number of carbonyl (C=O) groups excluding carboxylic acids is 1. The van der Waals surface area contributed by atoms with Crippen molar-refractivity contribution < 1.29 is 19.0 Å². The first-order valence-electron chi connectivity index (χ1n) is 11.8. The number of alkyl carbamates (subject to hydrolysis) is 1. The Hall–Kier alpha value is -2.69. The van der Waals surface area contributed by atoms with Crippen LogP contribution in [0, 0.1) is 5.92 Å². The van der Waals surface area contributed by atoms with Crippen LogP contribution in [-0.2, 0) is 11.2 Å². The number of benzene rings is 2. The van der Waals surface area contributed by atoms with E-state index in [0.29, 0.717) is 12.5 Å². The number of carbonyl (C=O) groups is 1. The maximum Gasteiger partial charge on any atom is 0.407 e. The van der Waals surface area contributed by atoms with Gasteiger partial charge in [0.25, 0.3) is 0 Å². The van der Waals surface area contributed by atoms with Crippen molar-refractivity contribution in [3.63, 3.8) is 0 Å². The maximum absolute atomic E-state index is 11.9. The van der Waals surface area contributed by atoms with Crippen molar-refractivity contribution in [1.82, 2.24) is 5.32 Å². The summed E-state index contributed by atoms with van der Waals surface area (Å²) >= 11 is 0. The highest BCUT2D eigenvalue weighted by Crippen LogP contribution is 2.37. The molecule has 2 aliphatic rings. The van der Waals surface area contributed by atoms with E-state index in [1.807, 2.05) is 32.9 Å². The average Bonchev–Trinajstić information content (AvgIpc) is 2.78. The van der Waals surface area contributed by atoms with Crippen LogP contribution in [-0.4, -0.2) is 24.3 Å². The van der Waals surface area contributed by atoms with Crippen LogP contribution in [0.1, 0.15) is 70.1 Å². The Morgan fingerprint density at radius 3 is 2.50 bits per heavy atom. The highest BCUT2D eigenvalue weighted by atomic mass is 16.6. The van der Waals surface area contributed by atoms with Gasteiger partial charge in [-0.3, -0.25) is 0 Å². The van der Waals surface area contributed by atoms with Gasteiger partial charge in [0.2, 0.25) is 0 Å². The average molecular weight is 438 g/mol. The van der Waals surface area contributed by atoms with Crippen molar-refractivity contribution in [3.8, 4) is 11.5 Å². The number of nitrogens with one attached hydrogen (secondary N) is 1. The molecule has 0 aromatic heterocycles. The fraction of sp³-hybridized carbons (Fsp3) is 0.519. The molecular formula is C27H35NO4. The van der Waals surface area contributed by atoms with E-state index in [4.69, 9.17) is 14.2 Å². The third-order valence-electron chi connectivity index (χ3n) is 6.18. The van der Waals surface area contributed by atoms with Crippen LogP contribution in [0.25, 0.3) is 0 Å². The molecule has 0 radical (unpaired) electrons. The molecule has 5 heteroatoms. The molecule has 0 spiro atoms. The summed E-state index contributed by atoms with van der Waals surface area (Å²) in [6.07, 6.45) is 6.11. The van der Waals surface area contributed by atoms with Gasteiger partial charge in [-0.1, -0.05) is 30.3 Å². The van der Waals surface area contributed by atoms with Crippen molar-refractivity contribution in [1.29, 1.82) is 0 Å². The van der Waals surface area contributed by atoms with Crippen LogP contribution in [0.5, 0.6) is 11.5 Å². The lowest BCUT2D eigenvalue weighted by Crippen LogP contribution is -2.37. The van der Waals surface area contributed by atoms with Crippen molar-refractivity contribution in [2.24, 2.45) is 5.92 Å². The number of hydrogen-bond donors (Lipinski definition) is 1. The molecular weight excluding hydrogens is 402 g/mol. The van der Waals surface area contributed by atoms with Crippen molar-refractivity contribution in [3.05, 3.63) is 59.7 Å². The second-order valence-corrected chi connectivity index (χ2v) is 9.97. The van der Waals surface area contributed by atoms with Crippen molar-refractivity contribution in [2.75, 3.05) is 6.54 Å². The predicted molar refractivity (Wildman–Crippen MR) is 125 cm³/mol. The Balaban J connectivity index is 1.24. The summed E-state index contributed by atoms with van der Waals surface area (Å²) in [4.78, 5) is 11.9. The van der Waals surface area contributed by atoms with Crippen LogP contribution >= 0.6 is 0 Å². The minimum atomic E-state index is -0.460. The fourth-order valence-corrected chi connectivity index (χ4v) is 4.53. The summed E-state index contributed by atoms with van der Waals surface area (Å²) in [5, 5.41) is 2.91. The van der Waals surface area contributed by atoms with E-state index in [2.05, 4.69) is 41.7 Å². The Morgan fingerprint density at radius 1 is 1.03 bits per heavy atom. The molecule has 1 aliphatic carbocycles. The van der Waals surface area contributed by atoms with Crippen LogP contribution in [0.2, 0.25) is 0 Å². The second-order valence-electron chi connectivity index (χ2n) is 9.97. The molecule has 1 unspecified atom stereocenters. The fourth-order valence-electron chi connectivity index (χ4n) is 4.53. The van der Waals surface area contributed by atoms with E-state index in [1.54, 1.807) is 0 Å². The molecule has 1 N–H and O–H groups in total. The van der Waals surface area contributed by atoms with Gasteiger partial charge in [-0.25, -0.2) is 4.79 Å². The molecule has 1 atom stereocenters. The zero-order valence-electron chi connectivity index (χ0n) is 19.4. The number of aryl methyl sites for hydroxylation is 1. The third kappa shape index (κ3) is 6.18. The molecule has 2 aromatic rings. The standard InChI is InChI=1S/C27H35NO4/c1-27(2,3)32-26(29)28-18-19-9-12-22(13-10-19)30-23-14-16-25-21(17-23)11-15-24(31-25)20-7-5-4-6-8-20/h4-8,14,16-17,19,22,24H,9-13,15,18H2,1-3H3,(H,28,29). The molecule has 0 bridgehead atoms. The van der Waals surface area contributed by atoms with Gasteiger partial charge >= 0.3 is 6.09 Å². The number of amides is 1. The van der Waals surface area contributed by atoms with E-state index in [0.717, 1.165) is 50.0 Å². The minimum absolute atomic E-state index is 0.125. The summed E-state index contributed by atoms with van der Waals surface area (Å²) in [5.41, 5.74) is 2.00. The Morgan fingerprint density at radius 2 is 1.78 bits per heavy atom. The minimum Gasteiger partial charge on any atom is -0.490 e. The molecule has 1 amide bonds. The predicted octanol–water partition coefficient (Wildman–Crippen LogP) is 6.22. The zero-order chi connectivity index (χ0) is 22.6. The van der Waals surface area contributed by atoms with E-state index in [9.17, 15) is 4.79 Å². The lowest BCUT2D eigenvalue weighted by atomic mass is 9.87. The van der Waals surface area contributed by atoms with Gasteiger partial charge in [0, 0.05) is 6.54 Å². The van der Waals surface area contributed by atoms with Gasteiger partial charge in [-0.05, 0) is 94.5 Å². The summed E-state index contributed by atoms with van der Waals surface area (Å²) < 4.78 is 17.9. The largest absolute Gasteiger partial charge is 0.490 e. The molecule has 2 aromatic carbocycles. The smallest absolute Gasteiger partial charge is 0.407 e. The first kappa shape index (κ1) is 22.5. The normalized spacial score (nSPS) is 22.9. The SMILES string of the molecule is CC(C)(C)OC(=O)NCC1CCC(Oc2ccc3c(c2)CCC(c2ccccc2)O3)CC1. The van der Waals surface area contributed by atoms with Gasteiger partial charge < -0.3 is 19.5 Å². The molecule has 1 saturated carbocycles. The Labute approximate surface area is 191 Å². The van der Waals surface area contributed by atoms with Crippen LogP contribution in [0.3, 0.4) is 0 Å². The summed E-state index contributed by atoms with van der Waals surface area (Å²) in [6.45, 7) is 6.30. The van der Waals surface area contributed by atoms with Crippen molar-refractivity contribution in [2.45, 2.75) is 77.1 Å². The molecule has 0 saturated heterocycles. The quantitative estimate of drug-likeness (QED) is 0.604. The summed E-state index contributed by atoms with van der Waals surface area (Å²) in [7, 11) is 0. The lowest BCUT2D eigenvalue weighted by molar-refractivity contribution is 0.0508. The zero-order valence-corrected chi connectivity index (χ0v) is 19.4. The van der Waals surface area contributed by atoms with E-state index in [1.165, 1.54) is 11.1 Å². The molecule has 5 nitrogen and oxygen atoms in total. The maximum atomic E-state index is 11.9. The number of ether oxygens (including phenoxy) is 3. The Bertz CT molecular complexity index is 898. The number of hydrogen-bond acceptors (Lipinski definition) is 4. The van der Waals surface area contributed by atoms with Gasteiger partial charge in [-0.2, -0.15) is 0 Å². The molecule has 32 heavy (non-hydrogen) atoms. The highest BCUT2D eigenvalue weighted by molar-refractivity contribution is 5.67. The second kappa shape index (κ2) is 9.85. The Kier molecular flexibility index (Phi) is 6.92. The number of fused-ring (bicyclic) bond motifs is 1. The summed E-state index contributed by atoms with van der Waals surface area (Å²) in [5.74, 6) is 2.38. The van der Waals surface area contributed by atoms with Gasteiger partial charge in [0.1, 0.15) is 23.2 Å². The summed E-state index contributed by atoms with van der Waals surface area (Å²) in [6, 6.07) is 16.7. The molecule has 172 valence electrons. The number of rotatable bonds is 5. The lowest BCUT2D eigenvalue weighted by Gasteiger charge is -2.30. The molecule has 1 aliphatic heterocycles. The van der Waals surface area contributed by atoms with Crippen molar-refractivity contribution >= 4 is 6.09 Å². The molecule has 1 heterocycles. The van der Waals surface area contributed by atoms with E-state index < -0.39 is 5.60 Å². The van der Waals surface area contributed by atoms with E-state index in [-0.39, 0.29) is 18.3 Å². The highest BCUT2D eigenvalue weighted by Gasteiger charge is 2.25. The van der Waals surface area contributed by atoms with Crippen LogP contribution in [0.15, 0.2) is 48.5 Å². The van der Waals surface area contributed by atoms with Gasteiger partial charge in [0.15, 0.2) is 0 Å². The van der Waals surface area contributed by atoms with Gasteiger partial charge in [-0.15, -0.1) is 0 Å². The molecule has 4 rings (SSSR count). The van der Waals surface area contributed by atoms with Gasteiger partial charge in [0.05, 0.1) is 6.10 Å². The monoisotopic (exact) mass is 437 g/mol. The van der Waals surface area contributed by atoms with Crippen LogP contribution < -0.4 is 14.8 Å². The molecule has 1 fully saturated rings. The van der Waals surface area contributed by atoms with Crippen LogP contribution in [0.4, 0.5) is 4.79 Å². The third-order valence-corrected chi connectivity index (χ3v) is 6.18.